The third-order valence-corrected chi connectivity index (χ3v) is 9.44. The van der Waals surface area contributed by atoms with Crippen molar-refractivity contribution in [2.24, 2.45) is 5.41 Å². The summed E-state index contributed by atoms with van der Waals surface area (Å²) < 4.78 is 94.0. The van der Waals surface area contributed by atoms with E-state index in [1.54, 1.807) is 6.92 Å². The summed E-state index contributed by atoms with van der Waals surface area (Å²) in [5.41, 5.74) is -6.80. The number of hydrogen-bond donors (Lipinski definition) is 3. The molecule has 0 spiro atoms. The van der Waals surface area contributed by atoms with Gasteiger partial charge in [-0.3, -0.25) is 14.4 Å². The Morgan fingerprint density at radius 3 is 2.38 bits per heavy atom. The molecule has 3 N–H and O–H groups in total. The van der Waals surface area contributed by atoms with Crippen molar-refractivity contribution < 1.29 is 59.7 Å². The number of carbonyl (C=O) groups excluding carboxylic acids is 2. The van der Waals surface area contributed by atoms with E-state index in [2.05, 4.69) is 10.6 Å². The van der Waals surface area contributed by atoms with E-state index in [4.69, 9.17) is 14.2 Å². The third-order valence-electron chi connectivity index (χ3n) is 7.96. The minimum atomic E-state index is -5.66. The third kappa shape index (κ3) is 7.49. The van der Waals surface area contributed by atoms with Crippen LogP contribution >= 0.6 is 0 Å². The first-order chi connectivity index (χ1) is 21.1. The summed E-state index contributed by atoms with van der Waals surface area (Å²) >= 11 is 0. The van der Waals surface area contributed by atoms with Crippen LogP contribution in [-0.2, 0) is 24.2 Å². The molecule has 2 aromatic rings. The number of methoxy groups -OCH3 is 1. The highest BCUT2D eigenvalue weighted by Gasteiger charge is 2.47. The van der Waals surface area contributed by atoms with Crippen LogP contribution in [0.5, 0.6) is 11.5 Å². The molecule has 2 atom stereocenters. The Bertz CT molecular complexity index is 1560. The van der Waals surface area contributed by atoms with Gasteiger partial charge in [0.25, 0.3) is 21.7 Å². The highest BCUT2D eigenvalue weighted by atomic mass is 32.2. The maximum absolute atomic E-state index is 14.9. The van der Waals surface area contributed by atoms with E-state index in [-0.39, 0.29) is 35.8 Å². The number of halogens is 4. The highest BCUT2D eigenvalue weighted by Crippen LogP contribution is 2.39. The minimum Gasteiger partial charge on any atom is -0.496 e. The zero-order chi connectivity index (χ0) is 33.2. The zero-order valence-electron chi connectivity index (χ0n) is 24.3. The van der Waals surface area contributed by atoms with Gasteiger partial charge >= 0.3 is 11.5 Å². The lowest BCUT2D eigenvalue weighted by Gasteiger charge is -2.34. The largest absolute Gasteiger partial charge is 0.501 e. The maximum Gasteiger partial charge on any atom is 0.501 e. The lowest BCUT2D eigenvalue weighted by Crippen LogP contribution is -2.52. The monoisotopic (exact) mass is 660 g/mol. The van der Waals surface area contributed by atoms with Gasteiger partial charge in [-0.05, 0) is 69.7 Å². The molecule has 0 bridgehead atoms. The predicted molar refractivity (Wildman–Crippen MR) is 150 cm³/mol. The smallest absolute Gasteiger partial charge is 0.496 e. The number of benzene rings is 2. The van der Waals surface area contributed by atoms with Crippen molar-refractivity contribution in [3.63, 3.8) is 0 Å². The van der Waals surface area contributed by atoms with Gasteiger partial charge in [-0.2, -0.15) is 13.2 Å². The van der Waals surface area contributed by atoms with E-state index in [0.717, 1.165) is 24.3 Å². The SMILES string of the molecule is COc1cc(F)c(OC2CCC(C)(C(=O)O)CC2)cc1C(=O)NC1CCCOC1C(=O)Nc1cccc(S(=O)(=O)C(F)(F)F)c1. The summed E-state index contributed by atoms with van der Waals surface area (Å²) in [5.74, 6) is -3.69. The number of sulfone groups is 1. The Morgan fingerprint density at radius 2 is 1.76 bits per heavy atom. The second kappa shape index (κ2) is 13.2. The Hall–Kier alpha value is -3.92. The van der Waals surface area contributed by atoms with Gasteiger partial charge in [-0.15, -0.1) is 0 Å². The van der Waals surface area contributed by atoms with Crippen LogP contribution in [0, 0.1) is 11.2 Å². The summed E-state index contributed by atoms with van der Waals surface area (Å²) in [6, 6.07) is 4.83. The van der Waals surface area contributed by atoms with Crippen molar-refractivity contribution in [2.45, 2.75) is 74.1 Å². The molecular formula is C29H32F4N2O9S. The lowest BCUT2D eigenvalue weighted by atomic mass is 9.75. The van der Waals surface area contributed by atoms with Crippen molar-refractivity contribution in [3.8, 4) is 11.5 Å². The van der Waals surface area contributed by atoms with Gasteiger partial charge in [0.15, 0.2) is 17.7 Å². The normalized spacial score (nSPS) is 23.9. The predicted octanol–water partition coefficient (Wildman–Crippen LogP) is 4.46. The molecule has 1 saturated carbocycles. The van der Waals surface area contributed by atoms with Crippen molar-refractivity contribution in [1.82, 2.24) is 5.32 Å². The Labute approximate surface area is 256 Å². The number of carbonyl (C=O) groups is 3. The van der Waals surface area contributed by atoms with Gasteiger partial charge in [-0.1, -0.05) is 6.07 Å². The van der Waals surface area contributed by atoms with Crippen LogP contribution in [0.3, 0.4) is 0 Å². The van der Waals surface area contributed by atoms with E-state index < -0.39 is 67.5 Å². The van der Waals surface area contributed by atoms with Crippen molar-refractivity contribution in [3.05, 3.63) is 47.8 Å². The first kappa shape index (κ1) is 34.0. The van der Waals surface area contributed by atoms with Gasteiger partial charge in [0.1, 0.15) is 5.75 Å². The standard InChI is InChI=1S/C29H32F4N2O9S/c1-28(27(38)39)10-8-17(9-11-28)44-23-14-19(22(42-2)15-20(23)30)25(36)35-21-7-4-12-43-24(21)26(37)34-16-5-3-6-18(13-16)45(40,41)29(31,32)33/h3,5-6,13-15,17,21,24H,4,7-12H2,1-2H3,(H,34,37)(H,35,36)(H,38,39). The number of carboxylic acids is 1. The molecule has 4 rings (SSSR count). The van der Waals surface area contributed by atoms with Crippen LogP contribution in [0.15, 0.2) is 41.3 Å². The first-order valence-electron chi connectivity index (χ1n) is 14.0. The number of nitrogens with one attached hydrogen (secondary N) is 2. The van der Waals surface area contributed by atoms with Crippen molar-refractivity contribution in [2.75, 3.05) is 19.0 Å². The second-order valence-electron chi connectivity index (χ2n) is 11.1. The molecule has 2 unspecified atom stereocenters. The summed E-state index contributed by atoms with van der Waals surface area (Å²) in [7, 11) is -4.43. The maximum atomic E-state index is 14.9. The summed E-state index contributed by atoms with van der Waals surface area (Å²) in [6.07, 6.45) is 0.286. The van der Waals surface area contributed by atoms with E-state index in [0.29, 0.717) is 38.2 Å². The van der Waals surface area contributed by atoms with Crippen LogP contribution in [0.4, 0.5) is 23.2 Å². The Kier molecular flexibility index (Phi) is 9.97. The van der Waals surface area contributed by atoms with Crippen LogP contribution < -0.4 is 20.1 Å². The highest BCUT2D eigenvalue weighted by molar-refractivity contribution is 7.92. The average molecular weight is 661 g/mol. The number of alkyl halides is 3. The molecule has 1 heterocycles. The molecule has 2 aromatic carbocycles. The quantitative estimate of drug-likeness (QED) is 0.331. The second-order valence-corrected chi connectivity index (χ2v) is 13.1. The zero-order valence-corrected chi connectivity index (χ0v) is 25.1. The molecule has 11 nitrogen and oxygen atoms in total. The number of carboxylic acid groups (broad SMARTS) is 1. The van der Waals surface area contributed by atoms with E-state index in [1.807, 2.05) is 0 Å². The molecule has 45 heavy (non-hydrogen) atoms. The van der Waals surface area contributed by atoms with Gasteiger partial charge < -0.3 is 30.0 Å². The lowest BCUT2D eigenvalue weighted by molar-refractivity contribution is -0.150. The first-order valence-corrected chi connectivity index (χ1v) is 15.5. The number of hydrogen-bond acceptors (Lipinski definition) is 8. The van der Waals surface area contributed by atoms with Crippen molar-refractivity contribution >= 4 is 33.3 Å². The fraction of sp³-hybridized carbons (Fsp3) is 0.483. The van der Waals surface area contributed by atoms with E-state index in [9.17, 15) is 45.5 Å². The van der Waals surface area contributed by atoms with Gasteiger partial charge in [-0.25, -0.2) is 12.8 Å². The van der Waals surface area contributed by atoms with Gasteiger partial charge in [0.2, 0.25) is 0 Å². The average Bonchev–Trinajstić information content (AvgIpc) is 2.98. The molecule has 2 fully saturated rings. The molecule has 2 amide bonds. The molecule has 16 heteroatoms. The molecular weight excluding hydrogens is 628 g/mol. The van der Waals surface area contributed by atoms with Gasteiger partial charge in [0.05, 0.1) is 35.1 Å². The van der Waals surface area contributed by atoms with Crippen molar-refractivity contribution in [1.29, 1.82) is 0 Å². The van der Waals surface area contributed by atoms with E-state index >= 15 is 0 Å². The molecule has 0 aromatic heterocycles. The van der Waals surface area contributed by atoms with Gasteiger partial charge in [0, 0.05) is 18.4 Å². The number of rotatable bonds is 9. The molecule has 0 radical (unpaired) electrons. The van der Waals surface area contributed by atoms with Crippen LogP contribution in [0.2, 0.25) is 0 Å². The van der Waals surface area contributed by atoms with Crippen LogP contribution in [0.25, 0.3) is 0 Å². The van der Waals surface area contributed by atoms with Crippen LogP contribution in [-0.4, -0.2) is 68.8 Å². The number of ether oxygens (including phenoxy) is 3. The molecule has 2 aliphatic rings. The topological polar surface area (TPSA) is 157 Å². The fourth-order valence-electron chi connectivity index (χ4n) is 5.23. The summed E-state index contributed by atoms with van der Waals surface area (Å²) in [5, 5.41) is 14.4. The minimum absolute atomic E-state index is 0.116. The Morgan fingerprint density at radius 1 is 1.07 bits per heavy atom. The number of aliphatic carboxylic acids is 1. The number of anilines is 1. The summed E-state index contributed by atoms with van der Waals surface area (Å²) in [4.78, 5) is 37.0. The molecule has 246 valence electrons. The number of amides is 2. The van der Waals surface area contributed by atoms with E-state index in [1.165, 1.54) is 13.2 Å². The fourth-order valence-corrected chi connectivity index (χ4v) is 6.04. The molecule has 1 aliphatic carbocycles. The summed E-state index contributed by atoms with van der Waals surface area (Å²) in [6.45, 7) is 1.77. The van der Waals surface area contributed by atoms with Crippen LogP contribution in [0.1, 0.15) is 55.8 Å². The Balaban J connectivity index is 1.48. The molecule has 1 aliphatic heterocycles. The molecule has 1 saturated heterocycles.